The van der Waals surface area contributed by atoms with Crippen molar-refractivity contribution in [3.05, 3.63) is 131 Å². The molecule has 4 aromatic carbocycles. The third-order valence-electron chi connectivity index (χ3n) is 7.13. The smallest absolute Gasteiger partial charge is 0.319 e. The van der Waals surface area contributed by atoms with Gasteiger partial charge >= 0.3 is 12.0 Å². The van der Waals surface area contributed by atoms with Crippen molar-refractivity contribution in [3.8, 4) is 5.75 Å². The molecule has 2 atom stereocenters. The van der Waals surface area contributed by atoms with E-state index in [-0.39, 0.29) is 25.1 Å². The SMILES string of the molecule is O=C(O)C[C@@H](NC(=O)CN1C[C@H](c2ccccc2)Oc2ccc(NC(=O)NCc3ccccc3)cc2C1=O)c1ccccc1. The molecule has 0 aromatic heterocycles. The fourth-order valence-electron chi connectivity index (χ4n) is 4.98. The Labute approximate surface area is 254 Å². The molecule has 0 spiro atoms. The fourth-order valence-corrected chi connectivity index (χ4v) is 4.98. The van der Waals surface area contributed by atoms with Crippen LogP contribution < -0.4 is 20.7 Å². The molecular weight excluding hydrogens is 560 g/mol. The summed E-state index contributed by atoms with van der Waals surface area (Å²) in [6.45, 7) is 0.0660. The fraction of sp³-hybridized carbons (Fsp3) is 0.176. The zero-order valence-corrected chi connectivity index (χ0v) is 23.8. The molecule has 5 rings (SSSR count). The molecule has 10 heteroatoms. The van der Waals surface area contributed by atoms with Gasteiger partial charge in [0, 0.05) is 12.2 Å². The van der Waals surface area contributed by atoms with E-state index in [1.807, 2.05) is 60.7 Å². The van der Waals surface area contributed by atoms with Crippen LogP contribution in [0.5, 0.6) is 5.75 Å². The summed E-state index contributed by atoms with van der Waals surface area (Å²) in [4.78, 5) is 52.7. The van der Waals surface area contributed by atoms with Crippen LogP contribution in [0.25, 0.3) is 0 Å². The number of fused-ring (bicyclic) bond motifs is 1. The number of carboxylic acid groups (broad SMARTS) is 1. The molecule has 0 radical (unpaired) electrons. The number of anilines is 1. The first-order valence-electron chi connectivity index (χ1n) is 14.2. The number of aliphatic carboxylic acids is 1. The summed E-state index contributed by atoms with van der Waals surface area (Å²) in [5.74, 6) is -1.73. The van der Waals surface area contributed by atoms with Gasteiger partial charge in [-0.1, -0.05) is 91.0 Å². The number of amides is 4. The molecular formula is C34H32N4O6. The van der Waals surface area contributed by atoms with Crippen molar-refractivity contribution < 1.29 is 29.0 Å². The van der Waals surface area contributed by atoms with E-state index in [1.54, 1.807) is 42.5 Å². The number of urea groups is 1. The predicted molar refractivity (Wildman–Crippen MR) is 164 cm³/mol. The maximum atomic E-state index is 13.9. The summed E-state index contributed by atoms with van der Waals surface area (Å²) in [5.41, 5.74) is 2.95. The highest BCUT2D eigenvalue weighted by Gasteiger charge is 2.32. The van der Waals surface area contributed by atoms with Crippen molar-refractivity contribution >= 4 is 29.5 Å². The zero-order chi connectivity index (χ0) is 30.9. The minimum Gasteiger partial charge on any atom is -0.483 e. The number of benzene rings is 4. The molecule has 0 saturated heterocycles. The van der Waals surface area contributed by atoms with Crippen LogP contribution in [-0.2, 0) is 16.1 Å². The molecule has 0 aliphatic carbocycles. The van der Waals surface area contributed by atoms with Gasteiger partial charge in [-0.3, -0.25) is 14.4 Å². The first-order chi connectivity index (χ1) is 21.4. The van der Waals surface area contributed by atoms with Crippen LogP contribution in [0.1, 0.15) is 45.6 Å². The van der Waals surface area contributed by atoms with Crippen LogP contribution in [0.3, 0.4) is 0 Å². The topological polar surface area (TPSA) is 137 Å². The molecule has 1 aliphatic heterocycles. The summed E-state index contributed by atoms with van der Waals surface area (Å²) < 4.78 is 6.29. The van der Waals surface area contributed by atoms with Crippen molar-refractivity contribution in [1.29, 1.82) is 0 Å². The van der Waals surface area contributed by atoms with Crippen LogP contribution in [0.4, 0.5) is 10.5 Å². The van der Waals surface area contributed by atoms with Gasteiger partial charge in [0.2, 0.25) is 5.91 Å². The molecule has 4 N–H and O–H groups in total. The highest BCUT2D eigenvalue weighted by atomic mass is 16.5. The molecule has 224 valence electrons. The number of carboxylic acids is 1. The van der Waals surface area contributed by atoms with E-state index in [0.29, 0.717) is 23.5 Å². The number of nitrogens with zero attached hydrogens (tertiary/aromatic N) is 1. The number of hydrogen-bond donors (Lipinski definition) is 4. The van der Waals surface area contributed by atoms with Gasteiger partial charge < -0.3 is 30.7 Å². The number of hydrogen-bond acceptors (Lipinski definition) is 5. The predicted octanol–water partition coefficient (Wildman–Crippen LogP) is 4.92. The number of carbonyl (C=O) groups excluding carboxylic acids is 3. The molecule has 1 heterocycles. The van der Waals surface area contributed by atoms with E-state index >= 15 is 0 Å². The van der Waals surface area contributed by atoms with Crippen LogP contribution in [0, 0.1) is 0 Å². The summed E-state index contributed by atoms with van der Waals surface area (Å²) in [6, 6.07) is 31.2. The van der Waals surface area contributed by atoms with Crippen molar-refractivity contribution in [2.45, 2.75) is 25.1 Å². The van der Waals surface area contributed by atoms with Gasteiger partial charge in [0.25, 0.3) is 5.91 Å². The van der Waals surface area contributed by atoms with E-state index in [2.05, 4.69) is 16.0 Å². The number of nitrogens with one attached hydrogen (secondary N) is 3. The Morgan fingerprint density at radius 1 is 0.886 bits per heavy atom. The number of rotatable bonds is 10. The molecule has 0 unspecified atom stereocenters. The second kappa shape index (κ2) is 14.0. The highest BCUT2D eigenvalue weighted by molar-refractivity contribution is 6.01. The second-order valence-corrected chi connectivity index (χ2v) is 10.3. The third kappa shape index (κ3) is 7.80. The molecule has 0 fully saturated rings. The van der Waals surface area contributed by atoms with E-state index in [9.17, 15) is 24.3 Å². The minimum atomic E-state index is -1.07. The molecule has 0 bridgehead atoms. The molecule has 4 amide bonds. The van der Waals surface area contributed by atoms with Gasteiger partial charge in [0.1, 0.15) is 18.4 Å². The highest BCUT2D eigenvalue weighted by Crippen LogP contribution is 2.33. The molecule has 10 nitrogen and oxygen atoms in total. The van der Waals surface area contributed by atoms with Crippen LogP contribution >= 0.6 is 0 Å². The summed E-state index contributed by atoms with van der Waals surface area (Å²) in [7, 11) is 0. The Morgan fingerprint density at radius 2 is 1.55 bits per heavy atom. The van der Waals surface area contributed by atoms with Crippen molar-refractivity contribution in [1.82, 2.24) is 15.5 Å². The van der Waals surface area contributed by atoms with Crippen molar-refractivity contribution in [2.75, 3.05) is 18.4 Å². The maximum absolute atomic E-state index is 13.9. The van der Waals surface area contributed by atoms with Gasteiger partial charge in [0.15, 0.2) is 0 Å². The maximum Gasteiger partial charge on any atom is 0.319 e. The van der Waals surface area contributed by atoms with E-state index < -0.39 is 36.0 Å². The lowest BCUT2D eigenvalue weighted by molar-refractivity contribution is -0.137. The average molecular weight is 593 g/mol. The average Bonchev–Trinajstić information content (AvgIpc) is 3.17. The monoisotopic (exact) mass is 592 g/mol. The largest absolute Gasteiger partial charge is 0.483 e. The third-order valence-corrected chi connectivity index (χ3v) is 7.13. The first kappa shape index (κ1) is 29.8. The van der Waals surface area contributed by atoms with Gasteiger partial charge in [0.05, 0.1) is 24.6 Å². The van der Waals surface area contributed by atoms with E-state index in [4.69, 9.17) is 4.74 Å². The number of ether oxygens (including phenoxy) is 1. The summed E-state index contributed by atoms with van der Waals surface area (Å²) in [6.07, 6.45) is -0.893. The lowest BCUT2D eigenvalue weighted by Crippen LogP contribution is -2.43. The van der Waals surface area contributed by atoms with Gasteiger partial charge in [-0.25, -0.2) is 4.79 Å². The number of carbonyl (C=O) groups is 4. The molecule has 44 heavy (non-hydrogen) atoms. The minimum absolute atomic E-state index is 0.0696. The summed E-state index contributed by atoms with van der Waals surface area (Å²) in [5, 5.41) is 17.8. The Hall–Kier alpha value is -5.64. The first-order valence-corrected chi connectivity index (χ1v) is 14.2. The van der Waals surface area contributed by atoms with Crippen LogP contribution in [-0.4, -0.2) is 46.9 Å². The Bertz CT molecular complexity index is 1620. The Morgan fingerprint density at radius 3 is 2.23 bits per heavy atom. The van der Waals surface area contributed by atoms with Crippen LogP contribution in [0.15, 0.2) is 109 Å². The molecule has 4 aromatic rings. The van der Waals surface area contributed by atoms with Crippen LogP contribution in [0.2, 0.25) is 0 Å². The van der Waals surface area contributed by atoms with Gasteiger partial charge in [-0.2, -0.15) is 0 Å². The van der Waals surface area contributed by atoms with E-state index in [0.717, 1.165) is 11.1 Å². The van der Waals surface area contributed by atoms with Crippen molar-refractivity contribution in [2.24, 2.45) is 0 Å². The van der Waals surface area contributed by atoms with Gasteiger partial charge in [-0.15, -0.1) is 0 Å². The summed E-state index contributed by atoms with van der Waals surface area (Å²) >= 11 is 0. The lowest BCUT2D eigenvalue weighted by Gasteiger charge is -2.25. The second-order valence-electron chi connectivity index (χ2n) is 10.3. The zero-order valence-electron chi connectivity index (χ0n) is 23.8. The lowest BCUT2D eigenvalue weighted by atomic mass is 10.0. The normalized spacial score (nSPS) is 14.8. The molecule has 1 aliphatic rings. The Kier molecular flexibility index (Phi) is 9.51. The standard InChI is InChI=1S/C34H32N4O6/c39-31(37-28(19-32(40)41)24-12-6-2-7-13-24)22-38-21-30(25-14-8-3-9-15-25)44-29-17-16-26(18-27(29)33(38)42)36-34(43)35-20-23-10-4-1-5-11-23/h1-18,28,30H,19-22H2,(H,37,39)(H,40,41)(H2,35,36,43)/t28-,30-/m1/s1. The Balaban J connectivity index is 1.36. The quantitative estimate of drug-likeness (QED) is 0.206. The molecule has 0 saturated carbocycles. The van der Waals surface area contributed by atoms with Gasteiger partial charge in [-0.05, 0) is 34.9 Å². The van der Waals surface area contributed by atoms with E-state index in [1.165, 1.54) is 11.0 Å². The van der Waals surface area contributed by atoms with Crippen molar-refractivity contribution in [3.63, 3.8) is 0 Å².